The molecule has 1 aliphatic rings. The summed E-state index contributed by atoms with van der Waals surface area (Å²) in [5.74, 6) is 3.67. The average molecular weight is 381 g/mol. The quantitative estimate of drug-likeness (QED) is 0.671. The molecule has 0 amide bonds. The van der Waals surface area contributed by atoms with Crippen LogP contribution in [0.4, 0.5) is 0 Å². The lowest BCUT2D eigenvalue weighted by Crippen LogP contribution is -2.36. The molecule has 0 saturated heterocycles. The molecule has 1 saturated carbocycles. The summed E-state index contributed by atoms with van der Waals surface area (Å²) in [4.78, 5) is 6.64. The first-order valence-corrected chi connectivity index (χ1v) is 9.79. The Balaban J connectivity index is 1.42. The van der Waals surface area contributed by atoms with E-state index in [1.807, 2.05) is 32.2 Å². The predicted molar refractivity (Wildman–Crippen MR) is 105 cm³/mol. The number of hydrogen-bond donors (Lipinski definition) is 1. The zero-order valence-electron chi connectivity index (χ0n) is 16.7. The fraction of sp³-hybridized carbons (Fsp3) is 0.500. The van der Waals surface area contributed by atoms with Gasteiger partial charge in [-0.25, -0.2) is 0 Å². The molecule has 148 valence electrons. The zero-order valence-corrected chi connectivity index (χ0v) is 16.7. The molecule has 0 spiro atoms. The van der Waals surface area contributed by atoms with Gasteiger partial charge in [-0.1, -0.05) is 28.9 Å². The van der Waals surface area contributed by atoms with Crippen molar-refractivity contribution in [1.29, 1.82) is 0 Å². The van der Waals surface area contributed by atoms with Gasteiger partial charge in [0.1, 0.15) is 11.6 Å². The lowest BCUT2D eigenvalue weighted by molar-refractivity contribution is 0.252. The Morgan fingerprint density at radius 3 is 2.79 bits per heavy atom. The van der Waals surface area contributed by atoms with E-state index < -0.39 is 0 Å². The summed E-state index contributed by atoms with van der Waals surface area (Å²) in [6, 6.07) is 8.39. The average Bonchev–Trinajstić information content (AvgIpc) is 3.26. The first kappa shape index (κ1) is 18.8. The van der Waals surface area contributed by atoms with Crippen molar-refractivity contribution in [3.05, 3.63) is 47.4 Å². The van der Waals surface area contributed by atoms with Crippen LogP contribution in [0.3, 0.4) is 0 Å². The molecular formula is C20H27N7O. The molecule has 8 nitrogen and oxygen atoms in total. The summed E-state index contributed by atoms with van der Waals surface area (Å²) in [6.45, 7) is 6.25. The third-order valence-corrected chi connectivity index (χ3v) is 5.27. The highest BCUT2D eigenvalue weighted by atomic mass is 16.5. The van der Waals surface area contributed by atoms with Crippen molar-refractivity contribution < 1.29 is 4.52 Å². The normalized spacial score (nSPS) is 19.2. The van der Waals surface area contributed by atoms with Gasteiger partial charge in [-0.15, -0.1) is 10.2 Å². The second-order valence-corrected chi connectivity index (χ2v) is 7.70. The SMILES string of the molecule is CCn1c(CN(C)Cc2nc(-c3cccc(C)c3)no2)nnc1C1CC(N)C1. The maximum absolute atomic E-state index is 5.93. The van der Waals surface area contributed by atoms with Crippen molar-refractivity contribution in [2.75, 3.05) is 7.05 Å². The van der Waals surface area contributed by atoms with Crippen LogP contribution >= 0.6 is 0 Å². The maximum atomic E-state index is 5.93. The molecule has 4 rings (SSSR count). The van der Waals surface area contributed by atoms with Gasteiger partial charge in [0.05, 0.1) is 13.1 Å². The number of aromatic nitrogens is 5. The highest BCUT2D eigenvalue weighted by Crippen LogP contribution is 2.34. The predicted octanol–water partition coefficient (Wildman–Crippen LogP) is 2.49. The molecule has 1 aromatic carbocycles. The van der Waals surface area contributed by atoms with Gasteiger partial charge in [0.2, 0.25) is 11.7 Å². The Bertz CT molecular complexity index is 942. The molecule has 0 unspecified atom stereocenters. The van der Waals surface area contributed by atoms with Crippen molar-refractivity contribution >= 4 is 0 Å². The summed E-state index contributed by atoms with van der Waals surface area (Å²) in [5, 5.41) is 13.0. The topological polar surface area (TPSA) is 98.9 Å². The highest BCUT2D eigenvalue weighted by molar-refractivity contribution is 5.55. The van der Waals surface area contributed by atoms with Gasteiger partial charge in [-0.2, -0.15) is 4.98 Å². The minimum atomic E-state index is 0.304. The van der Waals surface area contributed by atoms with E-state index in [4.69, 9.17) is 10.3 Å². The zero-order chi connectivity index (χ0) is 19.7. The van der Waals surface area contributed by atoms with Crippen LogP contribution in [-0.2, 0) is 19.6 Å². The maximum Gasteiger partial charge on any atom is 0.241 e. The van der Waals surface area contributed by atoms with Gasteiger partial charge < -0.3 is 14.8 Å². The van der Waals surface area contributed by atoms with E-state index in [9.17, 15) is 0 Å². The molecule has 1 aliphatic carbocycles. The van der Waals surface area contributed by atoms with Crippen LogP contribution in [0, 0.1) is 6.92 Å². The van der Waals surface area contributed by atoms with Crippen LogP contribution in [-0.4, -0.2) is 42.9 Å². The largest absolute Gasteiger partial charge is 0.338 e. The summed E-state index contributed by atoms with van der Waals surface area (Å²) in [6.07, 6.45) is 2.00. The van der Waals surface area contributed by atoms with Crippen LogP contribution in [0.25, 0.3) is 11.4 Å². The molecule has 28 heavy (non-hydrogen) atoms. The van der Waals surface area contributed by atoms with Crippen LogP contribution < -0.4 is 5.73 Å². The molecular weight excluding hydrogens is 354 g/mol. The Labute approximate surface area is 164 Å². The number of nitrogens with zero attached hydrogens (tertiary/aromatic N) is 6. The monoisotopic (exact) mass is 381 g/mol. The lowest BCUT2D eigenvalue weighted by Gasteiger charge is -2.31. The lowest BCUT2D eigenvalue weighted by atomic mass is 9.80. The summed E-state index contributed by atoms with van der Waals surface area (Å²) in [7, 11) is 2.02. The molecule has 3 aromatic rings. The van der Waals surface area contributed by atoms with Crippen molar-refractivity contribution in [1.82, 2.24) is 29.8 Å². The van der Waals surface area contributed by atoms with Gasteiger partial charge >= 0.3 is 0 Å². The number of nitrogens with two attached hydrogens (primary N) is 1. The van der Waals surface area contributed by atoms with Crippen LogP contribution in [0.15, 0.2) is 28.8 Å². The van der Waals surface area contributed by atoms with Crippen LogP contribution in [0.5, 0.6) is 0 Å². The summed E-state index contributed by atoms with van der Waals surface area (Å²) >= 11 is 0. The van der Waals surface area contributed by atoms with Crippen molar-refractivity contribution in [2.45, 2.75) is 58.3 Å². The number of aryl methyl sites for hydroxylation is 1. The Morgan fingerprint density at radius 2 is 2.07 bits per heavy atom. The van der Waals surface area contributed by atoms with Gasteiger partial charge in [-0.05, 0) is 39.8 Å². The van der Waals surface area contributed by atoms with Gasteiger partial charge in [-0.3, -0.25) is 4.90 Å². The standard InChI is InChI=1S/C20H27N7O/c1-4-27-17(23-24-20(27)15-9-16(21)10-15)11-26(3)12-18-22-19(25-28-18)14-7-5-6-13(2)8-14/h5-8,15-16H,4,9-12,21H2,1-3H3. The minimum absolute atomic E-state index is 0.304. The van der Waals surface area contributed by atoms with Crippen molar-refractivity contribution in [2.24, 2.45) is 5.73 Å². The first-order valence-electron chi connectivity index (χ1n) is 9.79. The molecule has 2 heterocycles. The van der Waals surface area contributed by atoms with Gasteiger partial charge in [0.25, 0.3) is 0 Å². The van der Waals surface area contributed by atoms with Crippen LogP contribution in [0.1, 0.15) is 48.8 Å². The Morgan fingerprint density at radius 1 is 1.25 bits per heavy atom. The van der Waals surface area contributed by atoms with Crippen molar-refractivity contribution in [3.63, 3.8) is 0 Å². The van der Waals surface area contributed by atoms with Crippen molar-refractivity contribution in [3.8, 4) is 11.4 Å². The highest BCUT2D eigenvalue weighted by Gasteiger charge is 2.32. The first-order chi connectivity index (χ1) is 13.5. The van der Waals surface area contributed by atoms with E-state index in [2.05, 4.69) is 42.8 Å². The molecule has 2 N–H and O–H groups in total. The molecule has 0 radical (unpaired) electrons. The van der Waals surface area contributed by atoms with E-state index in [1.165, 1.54) is 5.56 Å². The Hall–Kier alpha value is -2.58. The second kappa shape index (κ2) is 7.81. The molecule has 1 fully saturated rings. The van der Waals surface area contributed by atoms with E-state index >= 15 is 0 Å². The van der Waals surface area contributed by atoms with Gasteiger partial charge in [0, 0.05) is 24.1 Å². The third kappa shape index (κ3) is 3.83. The molecule has 0 bridgehead atoms. The van der Waals surface area contributed by atoms with Gasteiger partial charge in [0.15, 0.2) is 0 Å². The van der Waals surface area contributed by atoms with E-state index in [0.29, 0.717) is 36.8 Å². The smallest absolute Gasteiger partial charge is 0.241 e. The van der Waals surface area contributed by atoms with E-state index in [1.54, 1.807) is 0 Å². The summed E-state index contributed by atoms with van der Waals surface area (Å²) in [5.41, 5.74) is 8.07. The molecule has 0 atom stereocenters. The summed E-state index contributed by atoms with van der Waals surface area (Å²) < 4.78 is 7.65. The molecule has 2 aromatic heterocycles. The Kier molecular flexibility index (Phi) is 5.23. The fourth-order valence-electron chi connectivity index (χ4n) is 3.73. The van der Waals surface area contributed by atoms with Crippen LogP contribution in [0.2, 0.25) is 0 Å². The minimum Gasteiger partial charge on any atom is -0.338 e. The number of benzene rings is 1. The fourth-order valence-corrected chi connectivity index (χ4v) is 3.73. The van der Waals surface area contributed by atoms with E-state index in [-0.39, 0.29) is 0 Å². The number of rotatable bonds is 7. The molecule has 0 aliphatic heterocycles. The van der Waals surface area contributed by atoms with E-state index in [0.717, 1.165) is 36.6 Å². The molecule has 8 heteroatoms. The number of hydrogen-bond acceptors (Lipinski definition) is 7. The second-order valence-electron chi connectivity index (χ2n) is 7.70. The third-order valence-electron chi connectivity index (χ3n) is 5.27.